The largest absolute Gasteiger partial charge is 0.480 e. The van der Waals surface area contributed by atoms with Gasteiger partial charge in [0, 0.05) is 18.4 Å². The van der Waals surface area contributed by atoms with E-state index in [-0.39, 0.29) is 12.2 Å². The van der Waals surface area contributed by atoms with Crippen LogP contribution in [0.1, 0.15) is 17.4 Å². The predicted molar refractivity (Wildman–Crippen MR) is 58.3 cm³/mol. The van der Waals surface area contributed by atoms with Crippen LogP contribution in [0.5, 0.6) is 0 Å². The molecule has 0 fully saturated rings. The summed E-state index contributed by atoms with van der Waals surface area (Å²) in [4.78, 5) is 26.9. The molecule has 0 atom stereocenters. The minimum atomic E-state index is -0.931. The second-order valence-electron chi connectivity index (χ2n) is 3.17. The molecule has 0 spiro atoms. The van der Waals surface area contributed by atoms with Crippen LogP contribution >= 0.6 is 0 Å². The molecule has 0 aliphatic heterocycles. The Balaban J connectivity index is 2.96. The molecule has 3 N–H and O–H groups in total. The molecule has 0 aromatic carbocycles. The second-order valence-corrected chi connectivity index (χ2v) is 3.17. The van der Waals surface area contributed by atoms with Crippen molar-refractivity contribution >= 4 is 17.6 Å². The third kappa shape index (κ3) is 2.94. The van der Waals surface area contributed by atoms with Crippen molar-refractivity contribution in [1.29, 1.82) is 0 Å². The normalized spacial score (nSPS) is 9.81. The average Bonchev–Trinajstić information content (AvgIpc) is 2.25. The van der Waals surface area contributed by atoms with Crippen molar-refractivity contribution in [2.45, 2.75) is 6.92 Å². The number of nitrogens with two attached hydrogens (primary N) is 1. The van der Waals surface area contributed by atoms with Crippen LogP contribution in [0.15, 0.2) is 18.3 Å². The van der Waals surface area contributed by atoms with E-state index in [0.29, 0.717) is 12.2 Å². The number of carbonyl (C=O) groups excluding carboxylic acids is 1. The van der Waals surface area contributed by atoms with Crippen molar-refractivity contribution < 1.29 is 14.7 Å². The Hall–Kier alpha value is -2.11. The number of aliphatic carboxylic acids is 1. The highest BCUT2D eigenvalue weighted by molar-refractivity contribution is 5.91. The van der Waals surface area contributed by atoms with E-state index in [0.717, 1.165) is 0 Å². The third-order valence-electron chi connectivity index (χ3n) is 2.07. The molecule has 0 aliphatic rings. The molecule has 0 bridgehead atoms. The smallest absolute Gasteiger partial charge is 0.323 e. The van der Waals surface area contributed by atoms with E-state index in [4.69, 9.17) is 10.8 Å². The maximum absolute atomic E-state index is 10.9. The Kier molecular flexibility index (Phi) is 3.82. The Morgan fingerprint density at radius 1 is 1.56 bits per heavy atom. The molecule has 16 heavy (non-hydrogen) atoms. The molecule has 1 rings (SSSR count). The van der Waals surface area contributed by atoms with Crippen molar-refractivity contribution in [2.24, 2.45) is 5.73 Å². The SMILES string of the molecule is CCN(CC(=O)O)c1ccnc(C(N)=O)c1. The fraction of sp³-hybridized carbons (Fsp3) is 0.300. The number of pyridine rings is 1. The summed E-state index contributed by atoms with van der Waals surface area (Å²) < 4.78 is 0. The lowest BCUT2D eigenvalue weighted by Gasteiger charge is -2.20. The molecular weight excluding hydrogens is 210 g/mol. The molecule has 6 nitrogen and oxygen atoms in total. The van der Waals surface area contributed by atoms with Gasteiger partial charge in [0.2, 0.25) is 0 Å². The molecule has 0 saturated carbocycles. The zero-order valence-corrected chi connectivity index (χ0v) is 8.88. The summed E-state index contributed by atoms with van der Waals surface area (Å²) in [5.41, 5.74) is 5.83. The van der Waals surface area contributed by atoms with Crippen LogP contribution in [-0.4, -0.2) is 35.1 Å². The maximum Gasteiger partial charge on any atom is 0.323 e. The van der Waals surface area contributed by atoms with Crippen molar-refractivity contribution in [3.63, 3.8) is 0 Å². The van der Waals surface area contributed by atoms with E-state index >= 15 is 0 Å². The van der Waals surface area contributed by atoms with Gasteiger partial charge < -0.3 is 15.7 Å². The lowest BCUT2D eigenvalue weighted by atomic mass is 10.2. The third-order valence-corrected chi connectivity index (χ3v) is 2.07. The number of rotatable bonds is 5. The van der Waals surface area contributed by atoms with Crippen molar-refractivity contribution in [3.8, 4) is 0 Å². The number of hydrogen-bond donors (Lipinski definition) is 2. The molecular formula is C10H13N3O3. The van der Waals surface area contributed by atoms with Gasteiger partial charge in [-0.15, -0.1) is 0 Å². The Morgan fingerprint density at radius 3 is 2.75 bits per heavy atom. The van der Waals surface area contributed by atoms with Crippen LogP contribution in [0.25, 0.3) is 0 Å². The van der Waals surface area contributed by atoms with Crippen molar-refractivity contribution in [1.82, 2.24) is 4.98 Å². The summed E-state index contributed by atoms with van der Waals surface area (Å²) in [6, 6.07) is 3.12. The summed E-state index contributed by atoms with van der Waals surface area (Å²) in [5, 5.41) is 8.71. The predicted octanol–water partition coefficient (Wildman–Crippen LogP) is 0.0914. The summed E-state index contributed by atoms with van der Waals surface area (Å²) in [6.45, 7) is 2.22. The maximum atomic E-state index is 10.9. The van der Waals surface area contributed by atoms with Gasteiger partial charge in [-0.25, -0.2) is 0 Å². The molecule has 86 valence electrons. The number of nitrogens with zero attached hydrogens (tertiary/aromatic N) is 2. The molecule has 0 unspecified atom stereocenters. The fourth-order valence-electron chi connectivity index (χ4n) is 1.30. The molecule has 1 aromatic heterocycles. The topological polar surface area (TPSA) is 96.5 Å². The van der Waals surface area contributed by atoms with Crippen molar-refractivity contribution in [2.75, 3.05) is 18.0 Å². The number of amides is 1. The van der Waals surface area contributed by atoms with Gasteiger partial charge in [-0.2, -0.15) is 0 Å². The van der Waals surface area contributed by atoms with Crippen LogP contribution in [0, 0.1) is 0 Å². The van der Waals surface area contributed by atoms with Crippen molar-refractivity contribution in [3.05, 3.63) is 24.0 Å². The van der Waals surface area contributed by atoms with Crippen LogP contribution < -0.4 is 10.6 Å². The lowest BCUT2D eigenvalue weighted by molar-refractivity contribution is -0.135. The average molecular weight is 223 g/mol. The van der Waals surface area contributed by atoms with Gasteiger partial charge in [0.25, 0.3) is 5.91 Å². The minimum Gasteiger partial charge on any atom is -0.480 e. The number of primary amides is 1. The zero-order valence-electron chi connectivity index (χ0n) is 8.88. The number of carboxylic acids is 1. The van der Waals surface area contributed by atoms with Gasteiger partial charge in [-0.3, -0.25) is 14.6 Å². The van der Waals surface area contributed by atoms with E-state index < -0.39 is 11.9 Å². The highest BCUT2D eigenvalue weighted by Gasteiger charge is 2.10. The van der Waals surface area contributed by atoms with E-state index in [1.54, 1.807) is 11.0 Å². The van der Waals surface area contributed by atoms with Crippen LogP contribution in [0.3, 0.4) is 0 Å². The molecule has 1 aromatic rings. The fourth-order valence-corrected chi connectivity index (χ4v) is 1.30. The van der Waals surface area contributed by atoms with Crippen LogP contribution in [0.4, 0.5) is 5.69 Å². The first-order valence-corrected chi connectivity index (χ1v) is 4.77. The van der Waals surface area contributed by atoms with Gasteiger partial charge in [-0.05, 0) is 19.1 Å². The minimum absolute atomic E-state index is 0.126. The van der Waals surface area contributed by atoms with Gasteiger partial charge in [0.1, 0.15) is 12.2 Å². The number of aromatic nitrogens is 1. The van der Waals surface area contributed by atoms with Gasteiger partial charge in [0.05, 0.1) is 0 Å². The quantitative estimate of drug-likeness (QED) is 0.737. The van der Waals surface area contributed by atoms with Crippen LogP contribution in [0.2, 0.25) is 0 Å². The Morgan fingerprint density at radius 2 is 2.25 bits per heavy atom. The van der Waals surface area contributed by atoms with Gasteiger partial charge >= 0.3 is 5.97 Å². The number of anilines is 1. The Bertz CT molecular complexity index is 406. The first kappa shape index (κ1) is 12.0. The summed E-state index contributed by atoms with van der Waals surface area (Å²) >= 11 is 0. The molecule has 6 heteroatoms. The molecule has 1 heterocycles. The van der Waals surface area contributed by atoms with Crippen LogP contribution in [-0.2, 0) is 4.79 Å². The first-order chi connectivity index (χ1) is 7.54. The lowest BCUT2D eigenvalue weighted by Crippen LogP contribution is -2.29. The highest BCUT2D eigenvalue weighted by atomic mass is 16.4. The number of likely N-dealkylation sites (N-methyl/N-ethyl adjacent to an activating group) is 1. The standard InChI is InChI=1S/C10H13N3O3/c1-2-13(6-9(14)15)7-3-4-12-8(5-7)10(11)16/h3-5H,2,6H2,1H3,(H2,11,16)(H,14,15). The molecule has 0 saturated heterocycles. The van der Waals surface area contributed by atoms with Gasteiger partial charge in [-0.1, -0.05) is 0 Å². The number of carboxylic acid groups (broad SMARTS) is 1. The summed E-state index contributed by atoms with van der Waals surface area (Å²) in [5.74, 6) is -1.56. The molecule has 0 radical (unpaired) electrons. The van der Waals surface area contributed by atoms with E-state index in [1.807, 2.05) is 6.92 Å². The Labute approximate surface area is 92.7 Å². The molecule has 0 aliphatic carbocycles. The number of hydrogen-bond acceptors (Lipinski definition) is 4. The molecule has 1 amide bonds. The van der Waals surface area contributed by atoms with E-state index in [9.17, 15) is 9.59 Å². The van der Waals surface area contributed by atoms with E-state index in [2.05, 4.69) is 4.98 Å². The first-order valence-electron chi connectivity index (χ1n) is 4.77. The monoisotopic (exact) mass is 223 g/mol. The second kappa shape index (κ2) is 5.11. The zero-order chi connectivity index (χ0) is 12.1. The summed E-state index contributed by atoms with van der Waals surface area (Å²) in [6.07, 6.45) is 1.43. The number of carbonyl (C=O) groups is 2. The summed E-state index contributed by atoms with van der Waals surface area (Å²) in [7, 11) is 0. The van der Waals surface area contributed by atoms with E-state index in [1.165, 1.54) is 12.3 Å². The highest BCUT2D eigenvalue weighted by Crippen LogP contribution is 2.13. The van der Waals surface area contributed by atoms with Gasteiger partial charge in [0.15, 0.2) is 0 Å².